The van der Waals surface area contributed by atoms with Gasteiger partial charge in [-0.15, -0.1) is 0 Å². The monoisotopic (exact) mass is 414 g/mol. The Morgan fingerprint density at radius 1 is 0.903 bits per heavy atom. The first-order chi connectivity index (χ1) is 15.1. The zero-order valence-corrected chi connectivity index (χ0v) is 17.0. The van der Waals surface area contributed by atoms with Crippen LogP contribution in [0.2, 0.25) is 0 Å². The molecule has 0 radical (unpaired) electrons. The van der Waals surface area contributed by atoms with Gasteiger partial charge in [-0.2, -0.15) is 5.10 Å². The van der Waals surface area contributed by atoms with Crippen molar-refractivity contribution in [3.63, 3.8) is 0 Å². The van der Waals surface area contributed by atoms with Gasteiger partial charge in [-0.1, -0.05) is 30.3 Å². The number of carbonyl (C=O) groups is 2. The first-order valence-electron chi connectivity index (χ1n) is 9.90. The van der Waals surface area contributed by atoms with E-state index in [4.69, 9.17) is 4.42 Å². The number of para-hydroxylation sites is 1. The second-order valence-corrected chi connectivity index (χ2v) is 7.06. The average Bonchev–Trinajstić information content (AvgIpc) is 3.46. The minimum absolute atomic E-state index is 0.207. The largest absolute Gasteiger partial charge is 0.467 e. The Morgan fingerprint density at radius 3 is 2.48 bits per heavy atom. The summed E-state index contributed by atoms with van der Waals surface area (Å²) >= 11 is 0. The van der Waals surface area contributed by atoms with Gasteiger partial charge in [0.05, 0.1) is 18.5 Å². The molecule has 31 heavy (non-hydrogen) atoms. The van der Waals surface area contributed by atoms with Crippen molar-refractivity contribution < 1.29 is 14.0 Å². The Kier molecular flexibility index (Phi) is 5.93. The zero-order chi connectivity index (χ0) is 21.6. The number of aromatic nitrogens is 2. The van der Waals surface area contributed by atoms with E-state index in [0.717, 1.165) is 16.9 Å². The second-order valence-electron chi connectivity index (χ2n) is 7.06. The lowest BCUT2D eigenvalue weighted by atomic mass is 10.1. The molecule has 156 valence electrons. The van der Waals surface area contributed by atoms with Gasteiger partial charge in [-0.05, 0) is 55.0 Å². The van der Waals surface area contributed by atoms with Crippen LogP contribution in [-0.4, -0.2) is 21.6 Å². The van der Waals surface area contributed by atoms with E-state index in [-0.39, 0.29) is 18.4 Å². The molecule has 7 nitrogen and oxygen atoms in total. The van der Waals surface area contributed by atoms with Gasteiger partial charge in [0.2, 0.25) is 0 Å². The molecule has 0 unspecified atom stereocenters. The first-order valence-corrected chi connectivity index (χ1v) is 9.90. The van der Waals surface area contributed by atoms with Crippen LogP contribution in [0.4, 0.5) is 0 Å². The lowest BCUT2D eigenvalue weighted by molar-refractivity contribution is 0.0941. The van der Waals surface area contributed by atoms with Crippen molar-refractivity contribution in [2.24, 2.45) is 0 Å². The van der Waals surface area contributed by atoms with Crippen LogP contribution >= 0.6 is 0 Å². The zero-order valence-electron chi connectivity index (χ0n) is 17.0. The van der Waals surface area contributed by atoms with Gasteiger partial charge in [0.1, 0.15) is 5.76 Å². The van der Waals surface area contributed by atoms with Gasteiger partial charge >= 0.3 is 0 Å². The van der Waals surface area contributed by atoms with E-state index in [1.165, 1.54) is 0 Å². The number of benzene rings is 2. The Labute approximate surface area is 179 Å². The highest BCUT2D eigenvalue weighted by atomic mass is 16.3. The Morgan fingerprint density at radius 2 is 1.71 bits per heavy atom. The fourth-order valence-corrected chi connectivity index (χ4v) is 3.19. The molecule has 0 spiro atoms. The molecule has 2 heterocycles. The summed E-state index contributed by atoms with van der Waals surface area (Å²) in [4.78, 5) is 25.0. The summed E-state index contributed by atoms with van der Waals surface area (Å²) in [5.41, 5.74) is 3.44. The highest BCUT2D eigenvalue weighted by Gasteiger charge is 2.13. The Hall–Kier alpha value is -4.13. The van der Waals surface area contributed by atoms with E-state index >= 15 is 0 Å². The molecule has 0 aliphatic heterocycles. The topological polar surface area (TPSA) is 89.2 Å². The van der Waals surface area contributed by atoms with Crippen LogP contribution in [0.1, 0.15) is 37.9 Å². The van der Waals surface area contributed by atoms with Crippen LogP contribution in [0, 0.1) is 6.92 Å². The Balaban J connectivity index is 1.37. The van der Waals surface area contributed by atoms with E-state index < -0.39 is 0 Å². The molecule has 0 aliphatic rings. The molecule has 4 rings (SSSR count). The molecular formula is C24H22N4O3. The van der Waals surface area contributed by atoms with Gasteiger partial charge in [0.25, 0.3) is 11.8 Å². The van der Waals surface area contributed by atoms with Gasteiger partial charge in [0.15, 0.2) is 5.69 Å². The fourth-order valence-electron chi connectivity index (χ4n) is 3.19. The molecule has 0 aliphatic carbocycles. The lowest BCUT2D eigenvalue weighted by Gasteiger charge is -2.07. The van der Waals surface area contributed by atoms with E-state index in [1.54, 1.807) is 47.3 Å². The van der Waals surface area contributed by atoms with Crippen molar-refractivity contribution in [3.05, 3.63) is 107 Å². The molecule has 0 bridgehead atoms. The molecule has 2 aromatic heterocycles. The van der Waals surface area contributed by atoms with Crippen molar-refractivity contribution in [1.29, 1.82) is 0 Å². The van der Waals surface area contributed by atoms with Crippen molar-refractivity contribution >= 4 is 11.8 Å². The number of carbonyl (C=O) groups excluding carboxylic acids is 2. The van der Waals surface area contributed by atoms with Crippen LogP contribution in [-0.2, 0) is 13.1 Å². The molecule has 0 fully saturated rings. The maximum absolute atomic E-state index is 12.6. The molecule has 2 amide bonds. The summed E-state index contributed by atoms with van der Waals surface area (Å²) in [6, 6.07) is 22.1. The SMILES string of the molecule is Cc1cc(C(=O)NCc2cccc(C(=O)NCc3ccco3)c2)nn1-c1ccccc1. The predicted octanol–water partition coefficient (Wildman–Crippen LogP) is 3.63. The van der Waals surface area contributed by atoms with E-state index in [0.29, 0.717) is 23.6 Å². The summed E-state index contributed by atoms with van der Waals surface area (Å²) in [6.07, 6.45) is 1.56. The van der Waals surface area contributed by atoms with Crippen LogP contribution in [0.5, 0.6) is 0 Å². The maximum Gasteiger partial charge on any atom is 0.272 e. The average molecular weight is 414 g/mol. The smallest absolute Gasteiger partial charge is 0.272 e. The molecule has 4 aromatic rings. The Bertz CT molecular complexity index is 1180. The van der Waals surface area contributed by atoms with Crippen LogP contribution in [0.15, 0.2) is 83.5 Å². The summed E-state index contributed by atoms with van der Waals surface area (Å²) < 4.78 is 6.95. The highest BCUT2D eigenvalue weighted by Crippen LogP contribution is 2.12. The van der Waals surface area contributed by atoms with Crippen molar-refractivity contribution in [3.8, 4) is 5.69 Å². The van der Waals surface area contributed by atoms with Crippen LogP contribution in [0.25, 0.3) is 5.69 Å². The van der Waals surface area contributed by atoms with Gasteiger partial charge in [-0.25, -0.2) is 4.68 Å². The summed E-state index contributed by atoms with van der Waals surface area (Å²) in [6.45, 7) is 2.51. The number of amides is 2. The van der Waals surface area contributed by atoms with Crippen LogP contribution < -0.4 is 10.6 Å². The van der Waals surface area contributed by atoms with Crippen molar-refractivity contribution in [2.75, 3.05) is 0 Å². The number of rotatable bonds is 7. The predicted molar refractivity (Wildman–Crippen MR) is 116 cm³/mol. The summed E-state index contributed by atoms with van der Waals surface area (Å²) in [5.74, 6) is 0.203. The molecular weight excluding hydrogens is 392 g/mol. The molecule has 2 N–H and O–H groups in total. The van der Waals surface area contributed by atoms with Gasteiger partial charge in [0, 0.05) is 17.8 Å². The quantitative estimate of drug-likeness (QED) is 0.483. The number of nitrogens with zero attached hydrogens (tertiary/aromatic N) is 2. The number of aryl methyl sites for hydroxylation is 1. The first kappa shape index (κ1) is 20.2. The standard InChI is InChI=1S/C24H22N4O3/c1-17-13-22(27-28(17)20-9-3-2-4-10-20)24(30)25-15-18-7-5-8-19(14-18)23(29)26-16-21-11-6-12-31-21/h2-14H,15-16H2,1H3,(H,25,30)(H,26,29). The van der Waals surface area contributed by atoms with Crippen molar-refractivity contribution in [2.45, 2.75) is 20.0 Å². The third kappa shape index (κ3) is 4.90. The normalized spacial score (nSPS) is 10.6. The second kappa shape index (κ2) is 9.13. The van der Waals surface area contributed by atoms with Crippen molar-refractivity contribution in [1.82, 2.24) is 20.4 Å². The van der Waals surface area contributed by atoms with Crippen LogP contribution in [0.3, 0.4) is 0 Å². The van der Waals surface area contributed by atoms with E-state index in [2.05, 4.69) is 15.7 Å². The van der Waals surface area contributed by atoms with Gasteiger partial charge in [-0.3, -0.25) is 9.59 Å². The third-order valence-corrected chi connectivity index (χ3v) is 4.77. The lowest BCUT2D eigenvalue weighted by Crippen LogP contribution is -2.25. The third-order valence-electron chi connectivity index (χ3n) is 4.77. The molecule has 0 saturated carbocycles. The minimum Gasteiger partial charge on any atom is -0.467 e. The van der Waals surface area contributed by atoms with E-state index in [1.807, 2.05) is 43.3 Å². The number of hydrogen-bond acceptors (Lipinski definition) is 4. The van der Waals surface area contributed by atoms with E-state index in [9.17, 15) is 9.59 Å². The fraction of sp³-hybridized carbons (Fsp3) is 0.125. The minimum atomic E-state index is -0.273. The number of nitrogens with one attached hydrogen (secondary N) is 2. The van der Waals surface area contributed by atoms with Gasteiger partial charge < -0.3 is 15.1 Å². The summed E-state index contributed by atoms with van der Waals surface area (Å²) in [5, 5.41) is 10.1. The summed E-state index contributed by atoms with van der Waals surface area (Å²) in [7, 11) is 0. The number of hydrogen-bond donors (Lipinski definition) is 2. The molecule has 7 heteroatoms. The maximum atomic E-state index is 12.6. The highest BCUT2D eigenvalue weighted by molar-refractivity contribution is 5.94. The number of furan rings is 1. The molecule has 0 atom stereocenters. The molecule has 2 aromatic carbocycles. The molecule has 0 saturated heterocycles.